The van der Waals surface area contributed by atoms with Gasteiger partial charge in [0.1, 0.15) is 0 Å². The van der Waals surface area contributed by atoms with Crippen molar-refractivity contribution in [3.05, 3.63) is 0 Å². The second kappa shape index (κ2) is 4.21. The fourth-order valence-corrected chi connectivity index (χ4v) is 2.65. The second-order valence-electron chi connectivity index (χ2n) is 4.91. The van der Waals surface area contributed by atoms with Crippen LogP contribution in [0.3, 0.4) is 0 Å². The third kappa shape index (κ3) is 2.30. The molecular formula is C11H18O4. The number of hydrogen-bond acceptors (Lipinski definition) is 2. The highest BCUT2D eigenvalue weighted by Gasteiger charge is 2.46. The highest BCUT2D eigenvalue weighted by Crippen LogP contribution is 2.44. The Labute approximate surface area is 89.3 Å². The minimum Gasteiger partial charge on any atom is -0.481 e. The highest BCUT2D eigenvalue weighted by atomic mass is 16.4. The summed E-state index contributed by atoms with van der Waals surface area (Å²) in [4.78, 5) is 21.9. The van der Waals surface area contributed by atoms with Gasteiger partial charge in [-0.3, -0.25) is 9.59 Å². The maximum Gasteiger partial charge on any atom is 0.318 e. The van der Waals surface area contributed by atoms with Crippen LogP contribution in [0.15, 0.2) is 0 Å². The molecule has 15 heavy (non-hydrogen) atoms. The normalized spacial score (nSPS) is 18.3. The van der Waals surface area contributed by atoms with E-state index in [4.69, 9.17) is 10.2 Å². The molecule has 0 radical (unpaired) electrons. The highest BCUT2D eigenvalue weighted by molar-refractivity contribution is 5.93. The minimum absolute atomic E-state index is 0.217. The van der Waals surface area contributed by atoms with E-state index >= 15 is 0 Å². The van der Waals surface area contributed by atoms with E-state index < -0.39 is 23.3 Å². The summed E-state index contributed by atoms with van der Waals surface area (Å²) in [5, 5.41) is 17.9. The van der Waals surface area contributed by atoms with Crippen LogP contribution in [-0.4, -0.2) is 22.2 Å². The van der Waals surface area contributed by atoms with Crippen LogP contribution in [0, 0.1) is 17.3 Å². The maximum absolute atomic E-state index is 11.0. The molecule has 86 valence electrons. The van der Waals surface area contributed by atoms with Crippen LogP contribution in [0.25, 0.3) is 0 Å². The zero-order chi connectivity index (χ0) is 11.6. The van der Waals surface area contributed by atoms with Crippen LogP contribution in [0.2, 0.25) is 0 Å². The zero-order valence-corrected chi connectivity index (χ0v) is 9.19. The lowest BCUT2D eigenvalue weighted by Crippen LogP contribution is -2.41. The van der Waals surface area contributed by atoms with Crippen LogP contribution >= 0.6 is 0 Å². The van der Waals surface area contributed by atoms with Crippen molar-refractivity contribution in [3.63, 3.8) is 0 Å². The van der Waals surface area contributed by atoms with E-state index in [0.29, 0.717) is 0 Å². The van der Waals surface area contributed by atoms with Crippen LogP contribution in [-0.2, 0) is 9.59 Å². The van der Waals surface area contributed by atoms with Gasteiger partial charge in [0.2, 0.25) is 0 Å². The molecule has 0 amide bonds. The fourth-order valence-electron chi connectivity index (χ4n) is 2.65. The first-order valence-electron chi connectivity index (χ1n) is 5.33. The average molecular weight is 214 g/mol. The Morgan fingerprint density at radius 2 is 1.53 bits per heavy atom. The number of carboxylic acids is 2. The van der Waals surface area contributed by atoms with Crippen molar-refractivity contribution >= 4 is 11.9 Å². The Morgan fingerprint density at radius 1 is 1.13 bits per heavy atom. The van der Waals surface area contributed by atoms with Crippen molar-refractivity contribution in [3.8, 4) is 0 Å². The quantitative estimate of drug-likeness (QED) is 0.702. The third-order valence-corrected chi connectivity index (χ3v) is 3.65. The van der Waals surface area contributed by atoms with E-state index in [9.17, 15) is 9.59 Å². The predicted octanol–water partition coefficient (Wildman–Crippen LogP) is 1.99. The van der Waals surface area contributed by atoms with Gasteiger partial charge in [0.25, 0.3) is 0 Å². The van der Waals surface area contributed by atoms with E-state index in [1.807, 2.05) is 0 Å². The molecule has 0 bridgehead atoms. The Morgan fingerprint density at radius 3 is 1.87 bits per heavy atom. The molecule has 0 atom stereocenters. The fraction of sp³-hybridized carbons (Fsp3) is 0.818. The second-order valence-corrected chi connectivity index (χ2v) is 4.91. The first kappa shape index (κ1) is 12.0. The molecule has 1 saturated carbocycles. The summed E-state index contributed by atoms with van der Waals surface area (Å²) in [6.45, 7) is 3.52. The first-order chi connectivity index (χ1) is 6.87. The molecule has 2 N–H and O–H groups in total. The number of carboxylic acid groups (broad SMARTS) is 2. The van der Waals surface area contributed by atoms with E-state index in [0.717, 1.165) is 25.7 Å². The summed E-state index contributed by atoms with van der Waals surface area (Å²) < 4.78 is 0. The van der Waals surface area contributed by atoms with Crippen LogP contribution < -0.4 is 0 Å². The van der Waals surface area contributed by atoms with Crippen LogP contribution in [0.1, 0.15) is 39.5 Å². The molecule has 0 aromatic carbocycles. The van der Waals surface area contributed by atoms with Gasteiger partial charge in [-0.1, -0.05) is 26.7 Å². The number of rotatable bonds is 4. The molecule has 1 rings (SSSR count). The molecule has 1 fully saturated rings. The van der Waals surface area contributed by atoms with Gasteiger partial charge in [-0.2, -0.15) is 0 Å². The van der Waals surface area contributed by atoms with Crippen molar-refractivity contribution in [1.29, 1.82) is 0 Å². The molecule has 0 unspecified atom stereocenters. The van der Waals surface area contributed by atoms with Crippen LogP contribution in [0.5, 0.6) is 0 Å². The van der Waals surface area contributed by atoms with E-state index in [1.54, 1.807) is 13.8 Å². The Balaban J connectivity index is 2.89. The molecule has 0 spiro atoms. The van der Waals surface area contributed by atoms with Crippen molar-refractivity contribution in [2.24, 2.45) is 17.3 Å². The Bertz CT molecular complexity index is 250. The van der Waals surface area contributed by atoms with Crippen LogP contribution in [0.4, 0.5) is 0 Å². The maximum atomic E-state index is 11.0. The van der Waals surface area contributed by atoms with Gasteiger partial charge >= 0.3 is 11.9 Å². The average Bonchev–Trinajstić information content (AvgIpc) is 2.52. The SMILES string of the molecule is CC(C)(C1CCCC1)C(C(=O)O)C(=O)O. The Kier molecular flexibility index (Phi) is 3.37. The lowest BCUT2D eigenvalue weighted by atomic mass is 9.68. The van der Waals surface area contributed by atoms with E-state index in [2.05, 4.69) is 0 Å². The first-order valence-corrected chi connectivity index (χ1v) is 5.33. The number of hydrogen-bond donors (Lipinski definition) is 2. The molecule has 0 saturated heterocycles. The van der Waals surface area contributed by atoms with Gasteiger partial charge in [0.15, 0.2) is 5.92 Å². The summed E-state index contributed by atoms with van der Waals surface area (Å²) >= 11 is 0. The van der Waals surface area contributed by atoms with Gasteiger partial charge < -0.3 is 10.2 Å². The van der Waals surface area contributed by atoms with Crippen molar-refractivity contribution in [2.45, 2.75) is 39.5 Å². The monoisotopic (exact) mass is 214 g/mol. The molecule has 0 heterocycles. The lowest BCUT2D eigenvalue weighted by molar-refractivity contribution is -0.162. The van der Waals surface area contributed by atoms with Gasteiger partial charge in [-0.15, -0.1) is 0 Å². The summed E-state index contributed by atoms with van der Waals surface area (Å²) in [6, 6.07) is 0. The van der Waals surface area contributed by atoms with Gasteiger partial charge in [0.05, 0.1) is 0 Å². The summed E-state index contributed by atoms with van der Waals surface area (Å²) in [5.74, 6) is -3.52. The van der Waals surface area contributed by atoms with Crippen molar-refractivity contribution < 1.29 is 19.8 Å². The van der Waals surface area contributed by atoms with Crippen molar-refractivity contribution in [1.82, 2.24) is 0 Å². The molecule has 4 nitrogen and oxygen atoms in total. The van der Waals surface area contributed by atoms with Gasteiger partial charge in [-0.25, -0.2) is 0 Å². The molecule has 0 aliphatic heterocycles. The Hall–Kier alpha value is -1.06. The standard InChI is InChI=1S/C11H18O4/c1-11(2,7-5-3-4-6-7)8(9(12)13)10(14)15/h7-8H,3-6H2,1-2H3,(H,12,13)(H,14,15). The topological polar surface area (TPSA) is 74.6 Å². The number of carbonyl (C=O) groups is 2. The van der Waals surface area contributed by atoms with Gasteiger partial charge in [-0.05, 0) is 24.2 Å². The van der Waals surface area contributed by atoms with E-state index in [-0.39, 0.29) is 5.92 Å². The zero-order valence-electron chi connectivity index (χ0n) is 9.19. The largest absolute Gasteiger partial charge is 0.481 e. The number of aliphatic carboxylic acids is 2. The van der Waals surface area contributed by atoms with Crippen molar-refractivity contribution in [2.75, 3.05) is 0 Å². The van der Waals surface area contributed by atoms with Gasteiger partial charge in [0, 0.05) is 0 Å². The smallest absolute Gasteiger partial charge is 0.318 e. The molecule has 4 heteroatoms. The molecule has 0 aromatic heterocycles. The summed E-state index contributed by atoms with van der Waals surface area (Å²) in [7, 11) is 0. The summed E-state index contributed by atoms with van der Waals surface area (Å²) in [5.41, 5.74) is -0.659. The third-order valence-electron chi connectivity index (χ3n) is 3.65. The summed E-state index contributed by atoms with van der Waals surface area (Å²) in [6.07, 6.45) is 4.06. The molecule has 1 aliphatic carbocycles. The lowest BCUT2D eigenvalue weighted by Gasteiger charge is -2.34. The molecular weight excluding hydrogens is 196 g/mol. The van der Waals surface area contributed by atoms with E-state index in [1.165, 1.54) is 0 Å². The molecule has 1 aliphatic rings. The predicted molar refractivity (Wildman–Crippen MR) is 54.5 cm³/mol. The minimum atomic E-state index is -1.29. The molecule has 0 aromatic rings.